The number of nitrogens with one attached hydrogen (secondary N) is 1. The Morgan fingerprint density at radius 2 is 2.50 bits per heavy atom. The number of pyridine rings is 1. The van der Waals surface area contributed by atoms with Crippen LogP contribution in [0.4, 0.5) is 10.6 Å². The predicted octanol–water partition coefficient (Wildman–Crippen LogP) is 1.69. The first-order valence-electron chi connectivity index (χ1n) is 6.80. The molecule has 1 aliphatic heterocycles. The molecule has 5 nitrogen and oxygen atoms in total. The van der Waals surface area contributed by atoms with Gasteiger partial charge in [0.15, 0.2) is 0 Å². The van der Waals surface area contributed by atoms with Crippen LogP contribution >= 0.6 is 0 Å². The van der Waals surface area contributed by atoms with E-state index in [9.17, 15) is 4.79 Å². The number of likely N-dealkylation sites (tertiary alicyclic amines) is 1. The van der Waals surface area contributed by atoms with Gasteiger partial charge in [-0.15, -0.1) is 0 Å². The molecule has 1 aromatic heterocycles. The number of carbonyl (C=O) groups is 1. The fourth-order valence-corrected chi connectivity index (χ4v) is 2.28. The van der Waals surface area contributed by atoms with Crippen molar-refractivity contribution in [3.05, 3.63) is 23.9 Å². The highest BCUT2D eigenvalue weighted by atomic mass is 16.2. The zero-order valence-electron chi connectivity index (χ0n) is 11.6. The third-order valence-electron chi connectivity index (χ3n) is 3.25. The van der Waals surface area contributed by atoms with E-state index in [4.69, 9.17) is 5.11 Å². The summed E-state index contributed by atoms with van der Waals surface area (Å²) in [5.74, 6) is 6.39. The summed E-state index contributed by atoms with van der Waals surface area (Å²) in [5, 5.41) is 11.5. The fourth-order valence-electron chi connectivity index (χ4n) is 2.28. The van der Waals surface area contributed by atoms with Gasteiger partial charge in [-0.25, -0.2) is 9.78 Å². The van der Waals surface area contributed by atoms with E-state index < -0.39 is 0 Å². The van der Waals surface area contributed by atoms with Crippen molar-refractivity contribution in [1.29, 1.82) is 0 Å². The maximum Gasteiger partial charge on any atom is 0.323 e. The summed E-state index contributed by atoms with van der Waals surface area (Å²) in [6.45, 7) is 3.55. The second-order valence-corrected chi connectivity index (χ2v) is 5.01. The summed E-state index contributed by atoms with van der Waals surface area (Å²) in [6, 6.07) is 3.33. The number of nitrogens with zero attached hydrogens (tertiary/aromatic N) is 2. The molecule has 1 aliphatic rings. The van der Waals surface area contributed by atoms with Crippen molar-refractivity contribution in [2.45, 2.75) is 19.8 Å². The second-order valence-electron chi connectivity index (χ2n) is 5.01. The van der Waals surface area contributed by atoms with Gasteiger partial charge >= 0.3 is 6.03 Å². The lowest BCUT2D eigenvalue weighted by atomic mass is 10.0. The minimum atomic E-state index is -0.185. The molecular weight excluding hydrogens is 254 g/mol. The maximum atomic E-state index is 12.1. The Balaban J connectivity index is 2.00. The molecule has 0 aromatic carbocycles. The summed E-state index contributed by atoms with van der Waals surface area (Å²) in [5.41, 5.74) is 0.719. The molecule has 0 bridgehead atoms. The molecule has 0 radical (unpaired) electrons. The number of aromatic nitrogens is 1. The standard InChI is InChI=1S/C15H19N3O2/c1-12-4-2-8-18(11-12)15(20)17-14-10-13(5-3-9-19)6-7-16-14/h6-7,10,12,19H,2,4,8-9,11H2,1H3,(H,16,17,20). The lowest BCUT2D eigenvalue weighted by Crippen LogP contribution is -2.41. The number of rotatable bonds is 1. The Labute approximate surface area is 119 Å². The van der Waals surface area contributed by atoms with Gasteiger partial charge < -0.3 is 10.0 Å². The van der Waals surface area contributed by atoms with E-state index in [2.05, 4.69) is 29.1 Å². The van der Waals surface area contributed by atoms with Gasteiger partial charge in [-0.3, -0.25) is 5.32 Å². The zero-order valence-corrected chi connectivity index (χ0v) is 11.6. The van der Waals surface area contributed by atoms with Crippen LogP contribution in [-0.2, 0) is 0 Å². The van der Waals surface area contributed by atoms with Gasteiger partial charge in [-0.2, -0.15) is 0 Å². The minimum Gasteiger partial charge on any atom is -0.384 e. The Hall–Kier alpha value is -2.06. The minimum absolute atomic E-state index is 0.115. The summed E-state index contributed by atoms with van der Waals surface area (Å²) >= 11 is 0. The number of hydrogen-bond acceptors (Lipinski definition) is 3. The molecule has 0 spiro atoms. The van der Waals surface area contributed by atoms with Gasteiger partial charge in [0, 0.05) is 24.8 Å². The van der Waals surface area contributed by atoms with Gasteiger partial charge in [0.1, 0.15) is 12.4 Å². The SMILES string of the molecule is CC1CCCN(C(=O)Nc2cc(C#CCO)ccn2)C1. The van der Waals surface area contributed by atoms with Crippen molar-refractivity contribution in [2.24, 2.45) is 5.92 Å². The van der Waals surface area contributed by atoms with Gasteiger partial charge in [0.2, 0.25) is 0 Å². The molecule has 2 N–H and O–H groups in total. The largest absolute Gasteiger partial charge is 0.384 e. The Bertz CT molecular complexity index is 533. The average Bonchev–Trinajstić information content (AvgIpc) is 2.45. The topological polar surface area (TPSA) is 65.5 Å². The van der Waals surface area contributed by atoms with E-state index in [1.807, 2.05) is 4.90 Å². The number of urea groups is 1. The quantitative estimate of drug-likeness (QED) is 0.765. The average molecular weight is 273 g/mol. The van der Waals surface area contributed by atoms with E-state index in [1.54, 1.807) is 18.3 Å². The summed E-state index contributed by atoms with van der Waals surface area (Å²) < 4.78 is 0. The van der Waals surface area contributed by atoms with E-state index >= 15 is 0 Å². The molecule has 1 fully saturated rings. The number of carbonyl (C=O) groups excluding carboxylic acids is 1. The smallest absolute Gasteiger partial charge is 0.323 e. The highest BCUT2D eigenvalue weighted by molar-refractivity contribution is 5.88. The van der Waals surface area contributed by atoms with Crippen LogP contribution in [0.15, 0.2) is 18.3 Å². The van der Waals surface area contributed by atoms with Crippen molar-refractivity contribution < 1.29 is 9.90 Å². The van der Waals surface area contributed by atoms with Gasteiger partial charge in [-0.1, -0.05) is 18.8 Å². The van der Waals surface area contributed by atoms with Crippen molar-refractivity contribution in [1.82, 2.24) is 9.88 Å². The number of anilines is 1. The molecule has 2 amide bonds. The summed E-state index contributed by atoms with van der Waals surface area (Å²) in [7, 11) is 0. The third kappa shape index (κ3) is 3.97. The van der Waals surface area contributed by atoms with Crippen LogP contribution in [-0.4, -0.2) is 40.7 Å². The molecule has 1 saturated heterocycles. The number of amides is 2. The maximum absolute atomic E-state index is 12.1. The molecule has 2 heterocycles. The van der Waals surface area contributed by atoms with E-state index in [0.29, 0.717) is 11.7 Å². The molecule has 1 atom stereocenters. The third-order valence-corrected chi connectivity index (χ3v) is 3.25. The van der Waals surface area contributed by atoms with Crippen LogP contribution in [0.3, 0.4) is 0 Å². The molecule has 20 heavy (non-hydrogen) atoms. The molecule has 1 unspecified atom stereocenters. The zero-order chi connectivity index (χ0) is 14.4. The normalized spacial score (nSPS) is 18.1. The van der Waals surface area contributed by atoms with Gasteiger partial charge in [-0.05, 0) is 30.9 Å². The number of aliphatic hydroxyl groups excluding tert-OH is 1. The van der Waals surface area contributed by atoms with E-state index in [-0.39, 0.29) is 12.6 Å². The van der Waals surface area contributed by atoms with Crippen LogP contribution < -0.4 is 5.32 Å². The monoisotopic (exact) mass is 273 g/mol. The summed E-state index contributed by atoms with van der Waals surface area (Å²) in [6.07, 6.45) is 3.81. The van der Waals surface area contributed by atoms with Crippen LogP contribution in [0.1, 0.15) is 25.3 Å². The van der Waals surface area contributed by atoms with E-state index in [1.165, 1.54) is 6.42 Å². The molecule has 0 aliphatic carbocycles. The lowest BCUT2D eigenvalue weighted by Gasteiger charge is -2.30. The lowest BCUT2D eigenvalue weighted by molar-refractivity contribution is 0.182. The number of piperidine rings is 1. The Kier molecular flexibility index (Phi) is 4.97. The molecule has 1 aromatic rings. The van der Waals surface area contributed by atoms with Crippen molar-refractivity contribution in [2.75, 3.05) is 25.0 Å². The summed E-state index contributed by atoms with van der Waals surface area (Å²) in [4.78, 5) is 18.1. The predicted molar refractivity (Wildman–Crippen MR) is 77.2 cm³/mol. The molecule has 5 heteroatoms. The first-order chi connectivity index (χ1) is 9.69. The Morgan fingerprint density at radius 1 is 1.65 bits per heavy atom. The van der Waals surface area contributed by atoms with Crippen LogP contribution in [0.5, 0.6) is 0 Å². The highest BCUT2D eigenvalue weighted by Crippen LogP contribution is 2.16. The molecular formula is C15H19N3O2. The van der Waals surface area contributed by atoms with Crippen molar-refractivity contribution in [3.63, 3.8) is 0 Å². The Morgan fingerprint density at radius 3 is 3.25 bits per heavy atom. The molecule has 0 saturated carbocycles. The van der Waals surface area contributed by atoms with Gasteiger partial charge in [0.05, 0.1) is 0 Å². The first kappa shape index (κ1) is 14.4. The first-order valence-corrected chi connectivity index (χ1v) is 6.80. The van der Waals surface area contributed by atoms with Crippen LogP contribution in [0.25, 0.3) is 0 Å². The fraction of sp³-hybridized carbons (Fsp3) is 0.467. The van der Waals surface area contributed by atoms with Gasteiger partial charge in [0.25, 0.3) is 0 Å². The second kappa shape index (κ2) is 6.92. The van der Waals surface area contributed by atoms with Crippen LogP contribution in [0, 0.1) is 17.8 Å². The van der Waals surface area contributed by atoms with Crippen molar-refractivity contribution >= 4 is 11.8 Å². The van der Waals surface area contributed by atoms with Crippen molar-refractivity contribution in [3.8, 4) is 11.8 Å². The molecule has 106 valence electrons. The number of hydrogen-bond donors (Lipinski definition) is 2. The highest BCUT2D eigenvalue weighted by Gasteiger charge is 2.21. The molecule has 2 rings (SSSR count). The van der Waals surface area contributed by atoms with E-state index in [0.717, 1.165) is 25.1 Å². The number of aliphatic hydroxyl groups is 1. The van der Waals surface area contributed by atoms with Crippen LogP contribution in [0.2, 0.25) is 0 Å².